The van der Waals surface area contributed by atoms with Gasteiger partial charge in [0.2, 0.25) is 0 Å². The van der Waals surface area contributed by atoms with E-state index in [0.717, 1.165) is 11.0 Å². The number of hydrogen-bond donors (Lipinski definition) is 1. The fourth-order valence-electron chi connectivity index (χ4n) is 3.05. The quantitative estimate of drug-likeness (QED) is 0.749. The van der Waals surface area contributed by atoms with Gasteiger partial charge in [0.25, 0.3) is 11.8 Å². The molecule has 1 aliphatic heterocycles. The standard InChI is InChI=1S/C18H15N3O3/c1-24-10-15(16-19-13-8-4-5-9-14(13)20-16)21-17(22)11-6-2-3-7-12(11)18(21)23/h2-9,15H,10H2,1H3,(H,19,20). The molecule has 0 radical (unpaired) electrons. The summed E-state index contributed by atoms with van der Waals surface area (Å²) in [7, 11) is 1.54. The van der Waals surface area contributed by atoms with Crippen LogP contribution < -0.4 is 0 Å². The van der Waals surface area contributed by atoms with Crippen molar-refractivity contribution in [2.24, 2.45) is 0 Å². The summed E-state index contributed by atoms with van der Waals surface area (Å²) in [6, 6.07) is 13.8. The van der Waals surface area contributed by atoms with Crippen molar-refractivity contribution in [1.29, 1.82) is 0 Å². The molecule has 2 heterocycles. The van der Waals surface area contributed by atoms with Gasteiger partial charge in [0.15, 0.2) is 0 Å². The van der Waals surface area contributed by atoms with Crippen LogP contribution in [0.3, 0.4) is 0 Å². The first-order valence-electron chi connectivity index (χ1n) is 7.61. The molecule has 0 aliphatic carbocycles. The zero-order valence-corrected chi connectivity index (χ0v) is 13.0. The molecule has 1 unspecified atom stereocenters. The molecule has 120 valence electrons. The number of aromatic amines is 1. The predicted molar refractivity (Wildman–Crippen MR) is 87.7 cm³/mol. The number of methoxy groups -OCH3 is 1. The lowest BCUT2D eigenvalue weighted by Crippen LogP contribution is -2.37. The molecular weight excluding hydrogens is 306 g/mol. The zero-order chi connectivity index (χ0) is 16.7. The van der Waals surface area contributed by atoms with Crippen molar-refractivity contribution in [3.05, 3.63) is 65.5 Å². The van der Waals surface area contributed by atoms with Gasteiger partial charge in [0.1, 0.15) is 11.9 Å². The molecule has 1 atom stereocenters. The van der Waals surface area contributed by atoms with Gasteiger partial charge in [-0.1, -0.05) is 24.3 Å². The fourth-order valence-corrected chi connectivity index (χ4v) is 3.05. The van der Waals surface area contributed by atoms with Gasteiger partial charge in [-0.2, -0.15) is 0 Å². The van der Waals surface area contributed by atoms with Crippen LogP contribution in [0, 0.1) is 0 Å². The number of para-hydroxylation sites is 2. The van der Waals surface area contributed by atoms with Gasteiger partial charge in [-0.25, -0.2) is 4.98 Å². The number of ether oxygens (including phenoxy) is 1. The molecule has 0 saturated heterocycles. The smallest absolute Gasteiger partial charge is 0.262 e. The largest absolute Gasteiger partial charge is 0.382 e. The van der Waals surface area contributed by atoms with Gasteiger partial charge in [-0.05, 0) is 24.3 Å². The molecule has 1 N–H and O–H groups in total. The summed E-state index contributed by atoms with van der Waals surface area (Å²) >= 11 is 0. The molecule has 0 spiro atoms. The molecule has 2 amide bonds. The lowest BCUT2D eigenvalue weighted by atomic mass is 10.1. The van der Waals surface area contributed by atoms with E-state index in [1.165, 1.54) is 12.0 Å². The number of carbonyl (C=O) groups excluding carboxylic acids is 2. The second-order valence-corrected chi connectivity index (χ2v) is 5.64. The van der Waals surface area contributed by atoms with Crippen LogP contribution in [0.2, 0.25) is 0 Å². The topological polar surface area (TPSA) is 75.3 Å². The van der Waals surface area contributed by atoms with E-state index in [0.29, 0.717) is 17.0 Å². The first-order valence-corrected chi connectivity index (χ1v) is 7.61. The van der Waals surface area contributed by atoms with Crippen molar-refractivity contribution in [3.63, 3.8) is 0 Å². The zero-order valence-electron chi connectivity index (χ0n) is 13.0. The van der Waals surface area contributed by atoms with Crippen molar-refractivity contribution in [3.8, 4) is 0 Å². The summed E-state index contributed by atoms with van der Waals surface area (Å²) in [5.41, 5.74) is 2.47. The molecule has 4 rings (SSSR count). The highest BCUT2D eigenvalue weighted by Gasteiger charge is 2.41. The first kappa shape index (κ1) is 14.6. The number of benzene rings is 2. The minimum atomic E-state index is -0.602. The van der Waals surface area contributed by atoms with Gasteiger partial charge in [0.05, 0.1) is 28.8 Å². The van der Waals surface area contributed by atoms with Crippen LogP contribution in [0.4, 0.5) is 0 Å². The summed E-state index contributed by atoms with van der Waals surface area (Å²) in [6.45, 7) is 0.172. The molecule has 0 bridgehead atoms. The maximum atomic E-state index is 12.7. The summed E-state index contributed by atoms with van der Waals surface area (Å²) in [6.07, 6.45) is 0. The molecular formula is C18H15N3O3. The maximum Gasteiger partial charge on any atom is 0.262 e. The number of rotatable bonds is 4. The van der Waals surface area contributed by atoms with E-state index in [-0.39, 0.29) is 18.4 Å². The Kier molecular flexibility index (Phi) is 3.39. The molecule has 6 heteroatoms. The maximum absolute atomic E-state index is 12.7. The normalized spacial score (nSPS) is 15.1. The Morgan fingerprint density at radius 1 is 1.04 bits per heavy atom. The Hall–Kier alpha value is -2.99. The summed E-state index contributed by atoms with van der Waals surface area (Å²) in [4.78, 5) is 34.4. The summed E-state index contributed by atoms with van der Waals surface area (Å²) in [5, 5.41) is 0. The van der Waals surface area contributed by atoms with E-state index in [9.17, 15) is 9.59 Å². The van der Waals surface area contributed by atoms with Gasteiger partial charge in [0, 0.05) is 7.11 Å². The number of carbonyl (C=O) groups is 2. The van der Waals surface area contributed by atoms with Gasteiger partial charge in [-0.15, -0.1) is 0 Å². The average Bonchev–Trinajstić information content (AvgIpc) is 3.14. The van der Waals surface area contributed by atoms with Crippen molar-refractivity contribution >= 4 is 22.8 Å². The number of aromatic nitrogens is 2. The molecule has 0 saturated carbocycles. The molecule has 1 aliphatic rings. The molecule has 2 aromatic carbocycles. The Bertz CT molecular complexity index is 879. The average molecular weight is 321 g/mol. The van der Waals surface area contributed by atoms with E-state index in [1.807, 2.05) is 24.3 Å². The minimum Gasteiger partial charge on any atom is -0.382 e. The number of fused-ring (bicyclic) bond motifs is 2. The van der Waals surface area contributed by atoms with Crippen LogP contribution in [-0.4, -0.2) is 40.4 Å². The Morgan fingerprint density at radius 2 is 1.67 bits per heavy atom. The lowest BCUT2D eigenvalue weighted by molar-refractivity contribution is 0.0457. The van der Waals surface area contributed by atoms with E-state index < -0.39 is 6.04 Å². The third-order valence-corrected chi connectivity index (χ3v) is 4.19. The van der Waals surface area contributed by atoms with E-state index >= 15 is 0 Å². The third kappa shape index (κ3) is 2.11. The van der Waals surface area contributed by atoms with Crippen molar-refractivity contribution in [2.45, 2.75) is 6.04 Å². The Balaban J connectivity index is 1.79. The highest BCUT2D eigenvalue weighted by molar-refractivity contribution is 6.21. The molecule has 0 fully saturated rings. The summed E-state index contributed by atoms with van der Waals surface area (Å²) < 4.78 is 5.26. The van der Waals surface area contributed by atoms with Crippen LogP contribution in [0.1, 0.15) is 32.6 Å². The fraction of sp³-hybridized carbons (Fsp3) is 0.167. The Labute approximate surface area is 138 Å². The number of nitrogens with one attached hydrogen (secondary N) is 1. The van der Waals surface area contributed by atoms with Gasteiger partial charge in [-0.3, -0.25) is 14.5 Å². The second kappa shape index (κ2) is 5.58. The molecule has 24 heavy (non-hydrogen) atoms. The van der Waals surface area contributed by atoms with E-state index in [4.69, 9.17) is 4.74 Å². The van der Waals surface area contributed by atoms with Crippen LogP contribution in [-0.2, 0) is 4.74 Å². The third-order valence-electron chi connectivity index (χ3n) is 4.19. The SMILES string of the molecule is COCC(c1nc2ccccc2[nH]1)N1C(=O)c2ccccc2C1=O. The van der Waals surface area contributed by atoms with Crippen molar-refractivity contribution in [1.82, 2.24) is 14.9 Å². The van der Waals surface area contributed by atoms with E-state index in [1.54, 1.807) is 24.3 Å². The van der Waals surface area contributed by atoms with E-state index in [2.05, 4.69) is 9.97 Å². The predicted octanol–water partition coefficient (Wildman–Crippen LogP) is 2.55. The first-order chi connectivity index (χ1) is 11.7. The molecule has 6 nitrogen and oxygen atoms in total. The van der Waals surface area contributed by atoms with Crippen molar-refractivity contribution in [2.75, 3.05) is 13.7 Å². The summed E-state index contributed by atoms with van der Waals surface area (Å²) in [5.74, 6) is -0.108. The van der Waals surface area contributed by atoms with Crippen molar-refractivity contribution < 1.29 is 14.3 Å². The number of H-pyrrole nitrogens is 1. The highest BCUT2D eigenvalue weighted by Crippen LogP contribution is 2.31. The highest BCUT2D eigenvalue weighted by atomic mass is 16.5. The van der Waals surface area contributed by atoms with Crippen LogP contribution in [0.15, 0.2) is 48.5 Å². The second-order valence-electron chi connectivity index (χ2n) is 5.64. The monoisotopic (exact) mass is 321 g/mol. The Morgan fingerprint density at radius 3 is 2.29 bits per heavy atom. The molecule has 3 aromatic rings. The molecule has 1 aromatic heterocycles. The minimum absolute atomic E-state index is 0.172. The van der Waals surface area contributed by atoms with Gasteiger partial charge < -0.3 is 9.72 Å². The number of amides is 2. The van der Waals surface area contributed by atoms with Crippen LogP contribution in [0.5, 0.6) is 0 Å². The number of imidazole rings is 1. The van der Waals surface area contributed by atoms with Crippen LogP contribution in [0.25, 0.3) is 11.0 Å². The van der Waals surface area contributed by atoms with Gasteiger partial charge >= 0.3 is 0 Å². The number of imide groups is 1. The number of hydrogen-bond acceptors (Lipinski definition) is 4. The lowest BCUT2D eigenvalue weighted by Gasteiger charge is -2.23. The van der Waals surface area contributed by atoms with Crippen LogP contribution >= 0.6 is 0 Å². The number of nitrogens with zero attached hydrogens (tertiary/aromatic N) is 2.